The van der Waals surface area contributed by atoms with Gasteiger partial charge in [0.15, 0.2) is 0 Å². The molecule has 1 aromatic rings. The Morgan fingerprint density at radius 1 is 1.38 bits per heavy atom. The number of aliphatic carboxylic acids is 1. The first-order valence-corrected chi connectivity index (χ1v) is 9.20. The third kappa shape index (κ3) is 4.51. The molecule has 5 nitrogen and oxygen atoms in total. The van der Waals surface area contributed by atoms with Crippen molar-refractivity contribution >= 4 is 23.6 Å². The van der Waals surface area contributed by atoms with Gasteiger partial charge in [-0.3, -0.25) is 9.59 Å². The first-order chi connectivity index (χ1) is 11.5. The Hall–Kier alpha value is -1.53. The van der Waals surface area contributed by atoms with Gasteiger partial charge in [-0.05, 0) is 25.3 Å². The number of carboxylic acids is 1. The Morgan fingerprint density at radius 3 is 2.71 bits per heavy atom. The van der Waals surface area contributed by atoms with Gasteiger partial charge < -0.3 is 14.7 Å². The predicted octanol–water partition coefficient (Wildman–Crippen LogP) is 2.65. The molecule has 2 unspecified atom stereocenters. The lowest BCUT2D eigenvalue weighted by Crippen LogP contribution is -2.53. The molecule has 0 saturated carbocycles. The summed E-state index contributed by atoms with van der Waals surface area (Å²) in [7, 11) is 1.50. The van der Waals surface area contributed by atoms with Gasteiger partial charge in [-0.25, -0.2) is 0 Å². The van der Waals surface area contributed by atoms with Gasteiger partial charge in [-0.15, -0.1) is 11.8 Å². The summed E-state index contributed by atoms with van der Waals surface area (Å²) >= 11 is 1.58. The van der Waals surface area contributed by atoms with Gasteiger partial charge >= 0.3 is 5.97 Å². The van der Waals surface area contributed by atoms with Crippen molar-refractivity contribution in [3.8, 4) is 0 Å². The zero-order valence-corrected chi connectivity index (χ0v) is 15.1. The number of carboxylic acid groups (broad SMARTS) is 1. The van der Waals surface area contributed by atoms with E-state index < -0.39 is 11.4 Å². The molecule has 132 valence electrons. The monoisotopic (exact) mass is 351 g/mol. The van der Waals surface area contributed by atoms with E-state index in [0.29, 0.717) is 19.4 Å². The molecule has 2 rings (SSSR count). The molecule has 24 heavy (non-hydrogen) atoms. The Morgan fingerprint density at radius 2 is 2.08 bits per heavy atom. The highest BCUT2D eigenvalue weighted by Gasteiger charge is 2.44. The van der Waals surface area contributed by atoms with E-state index in [1.807, 2.05) is 37.3 Å². The fraction of sp³-hybridized carbons (Fsp3) is 0.556. The Bertz CT molecular complexity index is 561. The van der Waals surface area contributed by atoms with Crippen molar-refractivity contribution < 1.29 is 19.4 Å². The molecular weight excluding hydrogens is 326 g/mol. The Balaban J connectivity index is 1.96. The van der Waals surface area contributed by atoms with Crippen molar-refractivity contribution in [3.05, 3.63) is 35.9 Å². The fourth-order valence-electron chi connectivity index (χ4n) is 3.07. The number of amides is 1. The maximum atomic E-state index is 12.7. The number of nitrogens with zero attached hydrogens (tertiary/aromatic N) is 1. The van der Waals surface area contributed by atoms with Crippen LogP contribution in [0.5, 0.6) is 0 Å². The number of rotatable bonds is 7. The van der Waals surface area contributed by atoms with E-state index in [1.165, 1.54) is 12.7 Å². The lowest BCUT2D eigenvalue weighted by atomic mass is 9.80. The van der Waals surface area contributed by atoms with Crippen LogP contribution in [0.1, 0.15) is 25.3 Å². The van der Waals surface area contributed by atoms with Crippen LogP contribution in [0.2, 0.25) is 0 Å². The average molecular weight is 351 g/mol. The molecule has 1 aliphatic rings. The largest absolute Gasteiger partial charge is 0.481 e. The lowest BCUT2D eigenvalue weighted by Gasteiger charge is -2.40. The quantitative estimate of drug-likeness (QED) is 0.818. The van der Waals surface area contributed by atoms with E-state index in [1.54, 1.807) is 16.7 Å². The molecule has 1 aromatic carbocycles. The first kappa shape index (κ1) is 18.8. The molecule has 1 fully saturated rings. The highest BCUT2D eigenvalue weighted by molar-refractivity contribution is 7.99. The molecule has 0 bridgehead atoms. The summed E-state index contributed by atoms with van der Waals surface area (Å²) in [5, 5.41) is 9.39. The standard InChI is InChI=1S/C18H25NO4S/c1-14(24-11-15-7-4-3-5-8-15)16(20)19-10-6-9-18(12-19,13-23-2)17(21)22/h3-5,7-8,14H,6,9-13H2,1-2H3,(H,21,22). The molecule has 0 radical (unpaired) electrons. The molecule has 1 N–H and O–H groups in total. The zero-order chi connectivity index (χ0) is 17.6. The van der Waals surface area contributed by atoms with E-state index in [0.717, 1.165) is 5.75 Å². The molecule has 1 heterocycles. The van der Waals surface area contributed by atoms with Gasteiger partial charge in [0, 0.05) is 26.0 Å². The smallest absolute Gasteiger partial charge is 0.313 e. The van der Waals surface area contributed by atoms with Crippen LogP contribution >= 0.6 is 11.8 Å². The van der Waals surface area contributed by atoms with E-state index in [2.05, 4.69) is 0 Å². The van der Waals surface area contributed by atoms with Crippen molar-refractivity contribution in [2.45, 2.75) is 30.8 Å². The zero-order valence-electron chi connectivity index (χ0n) is 14.2. The number of carbonyl (C=O) groups excluding carboxylic acids is 1. The van der Waals surface area contributed by atoms with Crippen LogP contribution in [-0.4, -0.2) is 53.9 Å². The topological polar surface area (TPSA) is 66.8 Å². The minimum atomic E-state index is -0.980. The minimum Gasteiger partial charge on any atom is -0.481 e. The van der Waals surface area contributed by atoms with Crippen LogP contribution in [0, 0.1) is 5.41 Å². The summed E-state index contributed by atoms with van der Waals surface area (Å²) < 4.78 is 5.12. The molecule has 6 heteroatoms. The lowest BCUT2D eigenvalue weighted by molar-refractivity contribution is -0.159. The third-order valence-corrected chi connectivity index (χ3v) is 5.66. The molecular formula is C18H25NO4S. The van der Waals surface area contributed by atoms with Crippen molar-refractivity contribution in [2.24, 2.45) is 5.41 Å². The van der Waals surface area contributed by atoms with Gasteiger partial charge in [0.05, 0.1) is 11.9 Å². The molecule has 0 aliphatic carbocycles. The van der Waals surface area contributed by atoms with Crippen LogP contribution in [0.15, 0.2) is 30.3 Å². The maximum Gasteiger partial charge on any atom is 0.313 e. The predicted molar refractivity (Wildman–Crippen MR) is 95.0 cm³/mol. The van der Waals surface area contributed by atoms with Gasteiger partial charge in [-0.1, -0.05) is 30.3 Å². The summed E-state index contributed by atoms with van der Waals surface area (Å²) in [6.45, 7) is 2.88. The van der Waals surface area contributed by atoms with E-state index in [9.17, 15) is 14.7 Å². The number of likely N-dealkylation sites (tertiary alicyclic amines) is 1. The number of ether oxygens (including phenoxy) is 1. The number of carbonyl (C=O) groups is 2. The molecule has 0 aromatic heterocycles. The summed E-state index contributed by atoms with van der Waals surface area (Å²) in [4.78, 5) is 26.1. The van der Waals surface area contributed by atoms with E-state index >= 15 is 0 Å². The van der Waals surface area contributed by atoms with Crippen LogP contribution in [-0.2, 0) is 20.1 Å². The maximum absolute atomic E-state index is 12.7. The van der Waals surface area contributed by atoms with Gasteiger partial charge in [0.2, 0.25) is 5.91 Å². The first-order valence-electron chi connectivity index (χ1n) is 8.15. The van der Waals surface area contributed by atoms with Crippen molar-refractivity contribution in [2.75, 3.05) is 26.8 Å². The second kappa shape index (κ2) is 8.53. The number of hydrogen-bond donors (Lipinski definition) is 1. The highest BCUT2D eigenvalue weighted by Crippen LogP contribution is 2.32. The third-order valence-electron chi connectivity index (χ3n) is 4.45. The minimum absolute atomic E-state index is 0.0114. The van der Waals surface area contributed by atoms with E-state index in [-0.39, 0.29) is 24.3 Å². The molecule has 1 aliphatic heterocycles. The Kier molecular flexibility index (Phi) is 6.69. The van der Waals surface area contributed by atoms with Gasteiger partial charge in [0.1, 0.15) is 5.41 Å². The van der Waals surface area contributed by atoms with Crippen LogP contribution in [0.4, 0.5) is 0 Å². The van der Waals surface area contributed by atoms with Crippen LogP contribution in [0.3, 0.4) is 0 Å². The summed E-state index contributed by atoms with van der Waals surface area (Å²) in [6, 6.07) is 10.0. The average Bonchev–Trinajstić information content (AvgIpc) is 2.60. The number of piperidine rings is 1. The molecule has 1 amide bonds. The molecule has 0 spiro atoms. The summed E-state index contributed by atoms with van der Waals surface area (Å²) in [5.41, 5.74) is 0.201. The normalized spacial score (nSPS) is 22.2. The number of methoxy groups -OCH3 is 1. The number of thioether (sulfide) groups is 1. The van der Waals surface area contributed by atoms with Gasteiger partial charge in [0.25, 0.3) is 0 Å². The number of benzene rings is 1. The second-order valence-electron chi connectivity index (χ2n) is 6.32. The Labute approximate surface area is 147 Å². The molecule has 1 saturated heterocycles. The summed E-state index contributed by atoms with van der Waals surface area (Å²) in [5.74, 6) is -0.104. The highest BCUT2D eigenvalue weighted by atomic mass is 32.2. The fourth-order valence-corrected chi connectivity index (χ4v) is 4.00. The molecule has 2 atom stereocenters. The van der Waals surface area contributed by atoms with Crippen molar-refractivity contribution in [1.29, 1.82) is 0 Å². The van der Waals surface area contributed by atoms with Crippen LogP contribution < -0.4 is 0 Å². The van der Waals surface area contributed by atoms with Crippen molar-refractivity contribution in [1.82, 2.24) is 4.90 Å². The second-order valence-corrected chi connectivity index (χ2v) is 7.65. The van der Waals surface area contributed by atoms with Gasteiger partial charge in [-0.2, -0.15) is 0 Å². The number of hydrogen-bond acceptors (Lipinski definition) is 4. The SMILES string of the molecule is COCC1(C(=O)O)CCCN(C(=O)C(C)SCc2ccccc2)C1. The summed E-state index contributed by atoms with van der Waals surface area (Å²) in [6.07, 6.45) is 1.24. The van der Waals surface area contributed by atoms with Crippen LogP contribution in [0.25, 0.3) is 0 Å². The van der Waals surface area contributed by atoms with Crippen molar-refractivity contribution in [3.63, 3.8) is 0 Å². The van der Waals surface area contributed by atoms with E-state index in [4.69, 9.17) is 4.74 Å².